The summed E-state index contributed by atoms with van der Waals surface area (Å²) in [5, 5.41) is 10.6. The molecule has 10 nitrogen and oxygen atoms in total. The molecule has 5 rings (SSSR count). The number of anilines is 1. The number of ether oxygens (including phenoxy) is 1. The quantitative estimate of drug-likeness (QED) is 0.624. The molecule has 2 aromatic heterocycles. The van der Waals surface area contributed by atoms with Crippen LogP contribution in [0.4, 0.5) is 5.82 Å². The summed E-state index contributed by atoms with van der Waals surface area (Å²) in [4.78, 5) is 38.2. The summed E-state index contributed by atoms with van der Waals surface area (Å²) >= 11 is 0. The number of rotatable bonds is 6. The monoisotopic (exact) mass is 472 g/mol. The first-order valence-corrected chi connectivity index (χ1v) is 12.3. The van der Waals surface area contributed by atoms with E-state index in [1.807, 2.05) is 18.2 Å². The third kappa shape index (κ3) is 3.92. The molecule has 33 heavy (non-hydrogen) atoms. The van der Waals surface area contributed by atoms with E-state index < -0.39 is 22.5 Å². The van der Waals surface area contributed by atoms with Gasteiger partial charge in [-0.2, -0.15) is 0 Å². The SMILES string of the molecule is CCN1CCN(c2nc(-c3ccc(OCCO)nc3)cc3c2S2(C=C3)OC(=O)C(=O)O2)CC1. The lowest BCUT2D eigenvalue weighted by Crippen LogP contribution is -2.46. The van der Waals surface area contributed by atoms with Crippen molar-refractivity contribution in [3.63, 3.8) is 0 Å². The number of likely N-dealkylation sites (N-methyl/N-ethyl adjacent to an activating group) is 1. The molecule has 3 aliphatic rings. The molecule has 174 valence electrons. The molecule has 0 atom stereocenters. The van der Waals surface area contributed by atoms with E-state index in [-0.39, 0.29) is 13.2 Å². The van der Waals surface area contributed by atoms with Crippen LogP contribution in [0.5, 0.6) is 5.88 Å². The molecule has 5 heterocycles. The Bertz CT molecular complexity index is 1100. The molecule has 2 aromatic rings. The summed E-state index contributed by atoms with van der Waals surface area (Å²) in [6.07, 6.45) is 3.48. The van der Waals surface area contributed by atoms with E-state index in [0.717, 1.165) is 43.9 Å². The second-order valence-electron chi connectivity index (χ2n) is 7.72. The summed E-state index contributed by atoms with van der Waals surface area (Å²) in [6, 6.07) is 5.46. The van der Waals surface area contributed by atoms with Crippen LogP contribution in [-0.2, 0) is 18.0 Å². The Kier molecular flexibility index (Phi) is 5.69. The van der Waals surface area contributed by atoms with Gasteiger partial charge < -0.3 is 28.0 Å². The summed E-state index contributed by atoms with van der Waals surface area (Å²) in [5.41, 5.74) is 2.28. The van der Waals surface area contributed by atoms with Crippen molar-refractivity contribution in [1.29, 1.82) is 0 Å². The Morgan fingerprint density at radius 1 is 1.15 bits per heavy atom. The van der Waals surface area contributed by atoms with Crippen LogP contribution in [0, 0.1) is 0 Å². The highest BCUT2D eigenvalue weighted by Crippen LogP contribution is 2.69. The number of piperazine rings is 1. The molecule has 0 aromatic carbocycles. The van der Waals surface area contributed by atoms with Crippen molar-refractivity contribution in [3.05, 3.63) is 35.4 Å². The van der Waals surface area contributed by atoms with Gasteiger partial charge in [-0.1, -0.05) is 17.5 Å². The number of carbonyl (C=O) groups is 2. The predicted molar refractivity (Wildman–Crippen MR) is 121 cm³/mol. The molecule has 11 heteroatoms. The third-order valence-corrected chi connectivity index (χ3v) is 8.03. The lowest BCUT2D eigenvalue weighted by molar-refractivity contribution is -0.150. The third-order valence-electron chi connectivity index (χ3n) is 5.75. The lowest BCUT2D eigenvalue weighted by atomic mass is 10.1. The maximum absolute atomic E-state index is 11.9. The first-order valence-electron chi connectivity index (χ1n) is 10.7. The maximum Gasteiger partial charge on any atom is 0.441 e. The molecule has 1 N–H and O–H groups in total. The number of aromatic nitrogens is 2. The molecule has 0 aliphatic carbocycles. The second-order valence-corrected chi connectivity index (χ2v) is 9.82. The predicted octanol–water partition coefficient (Wildman–Crippen LogP) is 1.73. The van der Waals surface area contributed by atoms with E-state index in [1.165, 1.54) is 0 Å². The number of pyridine rings is 2. The fourth-order valence-electron chi connectivity index (χ4n) is 4.04. The van der Waals surface area contributed by atoms with Crippen LogP contribution < -0.4 is 9.64 Å². The highest BCUT2D eigenvalue weighted by atomic mass is 32.3. The average molecular weight is 473 g/mol. The van der Waals surface area contributed by atoms with Gasteiger partial charge in [0.05, 0.1) is 17.7 Å². The molecule has 0 saturated carbocycles. The number of fused-ring (bicyclic) bond motifs is 2. The Hall–Kier alpha value is -3.15. The number of hydrogen-bond acceptors (Lipinski definition) is 10. The van der Waals surface area contributed by atoms with Crippen LogP contribution in [-0.4, -0.2) is 77.9 Å². The molecular weight excluding hydrogens is 448 g/mol. The fraction of sp³-hybridized carbons (Fsp3) is 0.364. The van der Waals surface area contributed by atoms with E-state index in [0.29, 0.717) is 22.3 Å². The standard InChI is InChI=1S/C22H24N4O6S/c1-2-25-6-8-26(9-7-25)20-19-15(5-12-33(19)31-21(28)22(29)32-33)13-17(24-20)16-3-4-18(23-14-16)30-11-10-27/h3-5,12-14,27H,2,6-11H2,1H3. The first kappa shape index (κ1) is 21.7. The van der Waals surface area contributed by atoms with E-state index in [1.54, 1.807) is 17.7 Å². The Labute approximate surface area is 192 Å². The molecule has 2 saturated heterocycles. The van der Waals surface area contributed by atoms with E-state index in [2.05, 4.69) is 21.7 Å². The van der Waals surface area contributed by atoms with Gasteiger partial charge in [-0.15, -0.1) is 0 Å². The van der Waals surface area contributed by atoms with Gasteiger partial charge in [0.15, 0.2) is 5.82 Å². The van der Waals surface area contributed by atoms with Crippen molar-refractivity contribution in [1.82, 2.24) is 14.9 Å². The summed E-state index contributed by atoms with van der Waals surface area (Å²) < 4.78 is 16.3. The molecule has 0 unspecified atom stereocenters. The normalized spacial score (nSPS) is 20.0. The number of aliphatic hydroxyl groups excluding tert-OH is 1. The summed E-state index contributed by atoms with van der Waals surface area (Å²) in [6.45, 7) is 6.45. The molecule has 0 bridgehead atoms. The topological polar surface area (TPSA) is 114 Å². The molecule has 3 aliphatic heterocycles. The van der Waals surface area contributed by atoms with Crippen LogP contribution in [0.25, 0.3) is 17.3 Å². The second kappa shape index (κ2) is 8.65. The van der Waals surface area contributed by atoms with Gasteiger partial charge in [0.25, 0.3) is 0 Å². The first-order chi connectivity index (χ1) is 16.0. The largest absolute Gasteiger partial charge is 0.475 e. The zero-order valence-corrected chi connectivity index (χ0v) is 18.9. The summed E-state index contributed by atoms with van der Waals surface area (Å²) in [5.74, 6) is -0.883. The van der Waals surface area contributed by atoms with Crippen molar-refractivity contribution >= 4 is 34.4 Å². The van der Waals surface area contributed by atoms with Gasteiger partial charge in [0.1, 0.15) is 11.5 Å². The van der Waals surface area contributed by atoms with Crippen molar-refractivity contribution in [2.24, 2.45) is 0 Å². The van der Waals surface area contributed by atoms with Crippen molar-refractivity contribution in [2.45, 2.75) is 11.8 Å². The summed E-state index contributed by atoms with van der Waals surface area (Å²) in [7, 11) is -2.66. The number of aliphatic hydroxyl groups is 1. The number of carbonyl (C=O) groups excluding carboxylic acids is 2. The molecule has 0 radical (unpaired) electrons. The van der Waals surface area contributed by atoms with Crippen LogP contribution in [0.3, 0.4) is 0 Å². The van der Waals surface area contributed by atoms with Gasteiger partial charge in [-0.05, 0) is 24.8 Å². The lowest BCUT2D eigenvalue weighted by Gasteiger charge is -2.38. The minimum absolute atomic E-state index is 0.0873. The molecule has 0 amide bonds. The zero-order valence-electron chi connectivity index (χ0n) is 18.1. The van der Waals surface area contributed by atoms with Crippen molar-refractivity contribution < 1.29 is 27.8 Å². The van der Waals surface area contributed by atoms with Crippen LogP contribution in [0.2, 0.25) is 0 Å². The van der Waals surface area contributed by atoms with Crippen LogP contribution >= 0.6 is 10.6 Å². The van der Waals surface area contributed by atoms with E-state index in [9.17, 15) is 9.59 Å². The molecule has 1 spiro atoms. The smallest absolute Gasteiger partial charge is 0.441 e. The fourth-order valence-corrected chi connectivity index (χ4v) is 6.28. The Morgan fingerprint density at radius 3 is 2.55 bits per heavy atom. The Balaban J connectivity index is 1.55. The van der Waals surface area contributed by atoms with Crippen molar-refractivity contribution in [2.75, 3.05) is 50.8 Å². The van der Waals surface area contributed by atoms with E-state index >= 15 is 0 Å². The average Bonchev–Trinajstić information content (AvgIpc) is 3.35. The van der Waals surface area contributed by atoms with Gasteiger partial charge in [-0.3, -0.25) is 0 Å². The minimum Gasteiger partial charge on any atom is -0.475 e. The maximum atomic E-state index is 11.9. The van der Waals surface area contributed by atoms with Crippen LogP contribution in [0.15, 0.2) is 34.7 Å². The molecular formula is C22H24N4O6S. The van der Waals surface area contributed by atoms with E-state index in [4.69, 9.17) is 23.2 Å². The van der Waals surface area contributed by atoms with Gasteiger partial charge in [0.2, 0.25) is 5.88 Å². The zero-order chi connectivity index (χ0) is 23.0. The minimum atomic E-state index is -2.66. The van der Waals surface area contributed by atoms with Gasteiger partial charge in [0, 0.05) is 49.6 Å². The van der Waals surface area contributed by atoms with Crippen LogP contribution in [0.1, 0.15) is 12.5 Å². The van der Waals surface area contributed by atoms with Gasteiger partial charge in [-0.25, -0.2) is 19.6 Å². The Morgan fingerprint density at radius 2 is 1.91 bits per heavy atom. The van der Waals surface area contributed by atoms with Crippen molar-refractivity contribution in [3.8, 4) is 17.1 Å². The number of hydrogen-bond donors (Lipinski definition) is 1. The number of nitrogens with zero attached hydrogens (tertiary/aromatic N) is 4. The highest BCUT2D eigenvalue weighted by molar-refractivity contribution is 8.29. The highest BCUT2D eigenvalue weighted by Gasteiger charge is 2.47. The molecule has 2 fully saturated rings. The van der Waals surface area contributed by atoms with Gasteiger partial charge >= 0.3 is 11.9 Å².